The lowest BCUT2D eigenvalue weighted by Gasteiger charge is -2.30. The average molecular weight is 311 g/mol. The van der Waals surface area contributed by atoms with Gasteiger partial charge in [0.05, 0.1) is 6.61 Å². The van der Waals surface area contributed by atoms with E-state index in [1.54, 1.807) is 0 Å². The molecule has 118 valence electrons. The van der Waals surface area contributed by atoms with Crippen molar-refractivity contribution in [2.45, 2.75) is 38.6 Å². The third kappa shape index (κ3) is 4.60. The molecule has 1 fully saturated rings. The van der Waals surface area contributed by atoms with Gasteiger partial charge in [0.15, 0.2) is 0 Å². The summed E-state index contributed by atoms with van der Waals surface area (Å²) >= 11 is 6.41. The van der Waals surface area contributed by atoms with E-state index in [1.807, 2.05) is 12.1 Å². The SMILES string of the molecule is CCC(N)Cc1c(Cl)cccc1N(C)CC1CCCOC1. The molecule has 3 nitrogen and oxygen atoms in total. The molecule has 2 atom stereocenters. The Morgan fingerprint density at radius 2 is 2.29 bits per heavy atom. The second-order valence-electron chi connectivity index (χ2n) is 6.07. The molecular weight excluding hydrogens is 284 g/mol. The lowest BCUT2D eigenvalue weighted by atomic mass is 9.99. The summed E-state index contributed by atoms with van der Waals surface area (Å²) in [5.74, 6) is 0.607. The summed E-state index contributed by atoms with van der Waals surface area (Å²) in [5.41, 5.74) is 8.51. The van der Waals surface area contributed by atoms with E-state index in [1.165, 1.54) is 24.1 Å². The van der Waals surface area contributed by atoms with Crippen LogP contribution in [0.25, 0.3) is 0 Å². The Morgan fingerprint density at radius 3 is 2.95 bits per heavy atom. The topological polar surface area (TPSA) is 38.5 Å². The van der Waals surface area contributed by atoms with E-state index < -0.39 is 0 Å². The largest absolute Gasteiger partial charge is 0.381 e. The van der Waals surface area contributed by atoms with E-state index in [4.69, 9.17) is 22.1 Å². The summed E-state index contributed by atoms with van der Waals surface area (Å²) < 4.78 is 5.58. The number of nitrogens with zero attached hydrogens (tertiary/aromatic N) is 1. The Labute approximate surface area is 133 Å². The average Bonchev–Trinajstić information content (AvgIpc) is 2.50. The predicted octanol–water partition coefficient (Wildman–Crippen LogP) is 3.48. The number of ether oxygens (including phenoxy) is 1. The molecule has 0 spiro atoms. The Bertz CT molecular complexity index is 446. The molecule has 0 saturated carbocycles. The summed E-state index contributed by atoms with van der Waals surface area (Å²) in [5, 5.41) is 0.822. The zero-order chi connectivity index (χ0) is 15.2. The van der Waals surface area contributed by atoms with Crippen LogP contribution in [0.1, 0.15) is 31.7 Å². The number of anilines is 1. The van der Waals surface area contributed by atoms with Crippen molar-refractivity contribution in [1.82, 2.24) is 0 Å². The van der Waals surface area contributed by atoms with E-state index in [-0.39, 0.29) is 6.04 Å². The Balaban J connectivity index is 2.11. The fourth-order valence-corrected chi connectivity index (χ4v) is 3.20. The molecule has 1 saturated heterocycles. The molecule has 2 rings (SSSR count). The number of hydrogen-bond acceptors (Lipinski definition) is 3. The minimum Gasteiger partial charge on any atom is -0.381 e. The smallest absolute Gasteiger partial charge is 0.0511 e. The first-order valence-corrected chi connectivity index (χ1v) is 8.31. The first-order chi connectivity index (χ1) is 10.1. The molecule has 4 heteroatoms. The van der Waals surface area contributed by atoms with Gasteiger partial charge in [-0.15, -0.1) is 0 Å². The number of rotatable bonds is 6. The first-order valence-electron chi connectivity index (χ1n) is 7.93. The van der Waals surface area contributed by atoms with Crippen molar-refractivity contribution in [2.75, 3.05) is 31.7 Å². The molecule has 1 aromatic rings. The van der Waals surface area contributed by atoms with E-state index >= 15 is 0 Å². The first kappa shape index (κ1) is 16.6. The maximum Gasteiger partial charge on any atom is 0.0511 e. The molecule has 2 unspecified atom stereocenters. The van der Waals surface area contributed by atoms with Crippen LogP contribution in [0.4, 0.5) is 5.69 Å². The van der Waals surface area contributed by atoms with Crippen molar-refractivity contribution in [1.29, 1.82) is 0 Å². The number of halogens is 1. The van der Waals surface area contributed by atoms with Gasteiger partial charge in [-0.1, -0.05) is 24.6 Å². The van der Waals surface area contributed by atoms with Gasteiger partial charge in [-0.25, -0.2) is 0 Å². The molecule has 1 aliphatic rings. The molecule has 0 radical (unpaired) electrons. The minimum atomic E-state index is 0.162. The fraction of sp³-hybridized carbons (Fsp3) is 0.647. The minimum absolute atomic E-state index is 0.162. The highest BCUT2D eigenvalue weighted by atomic mass is 35.5. The second-order valence-corrected chi connectivity index (χ2v) is 6.48. The van der Waals surface area contributed by atoms with E-state index in [0.29, 0.717) is 5.92 Å². The zero-order valence-electron chi connectivity index (χ0n) is 13.1. The second kappa shape index (κ2) is 8.02. The van der Waals surface area contributed by atoms with Gasteiger partial charge in [0, 0.05) is 37.0 Å². The van der Waals surface area contributed by atoms with E-state index in [0.717, 1.165) is 37.6 Å². The molecule has 0 amide bonds. The van der Waals surface area contributed by atoms with Gasteiger partial charge < -0.3 is 15.4 Å². The van der Waals surface area contributed by atoms with Gasteiger partial charge >= 0.3 is 0 Å². The summed E-state index contributed by atoms with van der Waals surface area (Å²) in [6.45, 7) is 4.90. The maximum absolute atomic E-state index is 6.41. The lowest BCUT2D eigenvalue weighted by Crippen LogP contribution is -2.32. The van der Waals surface area contributed by atoms with Crippen molar-refractivity contribution >= 4 is 17.3 Å². The van der Waals surface area contributed by atoms with Gasteiger partial charge in [0.25, 0.3) is 0 Å². The van der Waals surface area contributed by atoms with Crippen molar-refractivity contribution in [2.24, 2.45) is 11.7 Å². The molecule has 0 bridgehead atoms. The van der Waals surface area contributed by atoms with Crippen LogP contribution < -0.4 is 10.6 Å². The zero-order valence-corrected chi connectivity index (χ0v) is 13.9. The van der Waals surface area contributed by atoms with Gasteiger partial charge in [0.2, 0.25) is 0 Å². The van der Waals surface area contributed by atoms with Gasteiger partial charge in [-0.3, -0.25) is 0 Å². The molecule has 1 aromatic carbocycles. The van der Waals surface area contributed by atoms with Crippen LogP contribution in [-0.2, 0) is 11.2 Å². The monoisotopic (exact) mass is 310 g/mol. The molecule has 0 aliphatic carbocycles. The third-order valence-corrected chi connectivity index (χ3v) is 4.64. The van der Waals surface area contributed by atoms with Crippen LogP contribution in [0.3, 0.4) is 0 Å². The van der Waals surface area contributed by atoms with Crippen molar-refractivity contribution in [3.05, 3.63) is 28.8 Å². The van der Waals surface area contributed by atoms with Crippen molar-refractivity contribution in [3.8, 4) is 0 Å². The number of benzene rings is 1. The standard InChI is InChI=1S/C17H27ClN2O/c1-3-14(19)10-15-16(18)7-4-8-17(15)20(2)11-13-6-5-9-21-12-13/h4,7-8,13-14H,3,5-6,9-12,19H2,1-2H3. The van der Waals surface area contributed by atoms with E-state index in [9.17, 15) is 0 Å². The van der Waals surface area contributed by atoms with Crippen LogP contribution in [0, 0.1) is 5.92 Å². The van der Waals surface area contributed by atoms with Crippen LogP contribution in [0.15, 0.2) is 18.2 Å². The molecule has 0 aromatic heterocycles. The highest BCUT2D eigenvalue weighted by Crippen LogP contribution is 2.29. The highest BCUT2D eigenvalue weighted by Gasteiger charge is 2.19. The molecule has 21 heavy (non-hydrogen) atoms. The molecular formula is C17H27ClN2O. The summed E-state index contributed by atoms with van der Waals surface area (Å²) in [4.78, 5) is 2.31. The lowest BCUT2D eigenvalue weighted by molar-refractivity contribution is 0.0576. The highest BCUT2D eigenvalue weighted by molar-refractivity contribution is 6.31. The van der Waals surface area contributed by atoms with Gasteiger partial charge in [-0.05, 0) is 49.3 Å². The van der Waals surface area contributed by atoms with Crippen molar-refractivity contribution in [3.63, 3.8) is 0 Å². The quantitative estimate of drug-likeness (QED) is 0.874. The maximum atomic E-state index is 6.41. The molecule has 1 heterocycles. The molecule has 1 aliphatic heterocycles. The Morgan fingerprint density at radius 1 is 1.48 bits per heavy atom. The van der Waals surface area contributed by atoms with E-state index in [2.05, 4.69) is 24.9 Å². The van der Waals surface area contributed by atoms with Crippen LogP contribution in [0.2, 0.25) is 5.02 Å². The normalized spacial score (nSPS) is 20.3. The summed E-state index contributed by atoms with van der Waals surface area (Å²) in [7, 11) is 2.14. The predicted molar refractivity (Wildman–Crippen MR) is 90.2 cm³/mol. The van der Waals surface area contributed by atoms with Crippen molar-refractivity contribution < 1.29 is 4.74 Å². The molecule has 2 N–H and O–H groups in total. The summed E-state index contributed by atoms with van der Waals surface area (Å²) in [6.07, 6.45) is 4.21. The number of nitrogens with two attached hydrogens (primary N) is 1. The number of hydrogen-bond donors (Lipinski definition) is 1. The Hall–Kier alpha value is -0.770. The third-order valence-electron chi connectivity index (χ3n) is 4.28. The fourth-order valence-electron chi connectivity index (χ4n) is 2.95. The van der Waals surface area contributed by atoms with Gasteiger partial charge in [0.1, 0.15) is 0 Å². The summed E-state index contributed by atoms with van der Waals surface area (Å²) in [6, 6.07) is 6.29. The Kier molecular flexibility index (Phi) is 6.34. The van der Waals surface area contributed by atoms with Crippen LogP contribution in [-0.4, -0.2) is 32.8 Å². The van der Waals surface area contributed by atoms with Gasteiger partial charge in [-0.2, -0.15) is 0 Å². The van der Waals surface area contributed by atoms with Crippen LogP contribution >= 0.6 is 11.6 Å². The van der Waals surface area contributed by atoms with Crippen LogP contribution in [0.5, 0.6) is 0 Å².